The molecule has 0 aliphatic heterocycles. The first-order chi connectivity index (χ1) is 25.8. The smallest absolute Gasteiger partial charge is 0.161 e. The van der Waals surface area contributed by atoms with E-state index >= 15 is 0 Å². The van der Waals surface area contributed by atoms with Crippen LogP contribution in [0.25, 0.3) is 103 Å². The van der Waals surface area contributed by atoms with Crippen LogP contribution in [0.3, 0.4) is 0 Å². The minimum atomic E-state index is 0.735. The first-order valence-electron chi connectivity index (χ1n) is 17.6. The molecule has 0 unspecified atom stereocenters. The van der Waals surface area contributed by atoms with E-state index in [1.165, 1.54) is 69.2 Å². The first-order valence-corrected chi connectivity index (χ1v) is 18.4. The summed E-state index contributed by atoms with van der Waals surface area (Å²) in [7, 11) is 0. The molecule has 242 valence electrons. The molecule has 0 N–H and O–H groups in total. The van der Waals surface area contributed by atoms with Gasteiger partial charge in [0.15, 0.2) is 5.82 Å². The Morgan fingerprint density at radius 2 is 1.00 bits per heavy atom. The van der Waals surface area contributed by atoms with Crippen LogP contribution in [0.5, 0.6) is 0 Å². The lowest BCUT2D eigenvalue weighted by atomic mass is 10.00. The number of hydrogen-bond donors (Lipinski definition) is 0. The maximum atomic E-state index is 5.22. The van der Waals surface area contributed by atoms with E-state index in [2.05, 4.69) is 168 Å². The molecule has 3 nitrogen and oxygen atoms in total. The molecule has 0 saturated carbocycles. The van der Waals surface area contributed by atoms with Gasteiger partial charge in [0.05, 0.1) is 28.1 Å². The molecule has 0 atom stereocenters. The minimum Gasteiger partial charge on any atom is -0.309 e. The SMILES string of the molecule is c1ccc(-c2cc(-c3ccccc3)nc(-c3cccc4c3sc3c4ccc4c3c3ccccc3n4-c3cc4ccccc4c4ccccc34)n2)cc1. The molecule has 0 radical (unpaired) electrons. The molecule has 0 fully saturated rings. The van der Waals surface area contributed by atoms with Crippen molar-refractivity contribution < 1.29 is 0 Å². The Labute approximate surface area is 303 Å². The van der Waals surface area contributed by atoms with E-state index in [0.717, 1.165) is 33.9 Å². The number of benzene rings is 8. The molecule has 0 aliphatic carbocycles. The Morgan fingerprint density at radius 3 is 1.75 bits per heavy atom. The quantitative estimate of drug-likeness (QED) is 0.173. The summed E-state index contributed by atoms with van der Waals surface area (Å²) in [5.41, 5.74) is 8.62. The normalized spacial score (nSPS) is 11.8. The van der Waals surface area contributed by atoms with Gasteiger partial charge >= 0.3 is 0 Å². The summed E-state index contributed by atoms with van der Waals surface area (Å²) in [5.74, 6) is 0.735. The van der Waals surface area contributed by atoms with Crippen LogP contribution in [0.2, 0.25) is 0 Å². The number of nitrogens with zero attached hydrogens (tertiary/aromatic N) is 3. The molecule has 0 saturated heterocycles. The van der Waals surface area contributed by atoms with Gasteiger partial charge in [-0.25, -0.2) is 9.97 Å². The Morgan fingerprint density at radius 1 is 0.404 bits per heavy atom. The topological polar surface area (TPSA) is 30.7 Å². The van der Waals surface area contributed by atoms with Crippen molar-refractivity contribution >= 4 is 74.9 Å². The number of rotatable bonds is 4. The average molecular weight is 680 g/mol. The van der Waals surface area contributed by atoms with Gasteiger partial charge in [0.1, 0.15) is 0 Å². The maximum absolute atomic E-state index is 5.22. The van der Waals surface area contributed by atoms with E-state index in [1.54, 1.807) is 0 Å². The third kappa shape index (κ3) is 4.38. The maximum Gasteiger partial charge on any atom is 0.161 e. The van der Waals surface area contributed by atoms with E-state index < -0.39 is 0 Å². The van der Waals surface area contributed by atoms with Gasteiger partial charge in [-0.15, -0.1) is 11.3 Å². The van der Waals surface area contributed by atoms with Crippen molar-refractivity contribution in [2.45, 2.75) is 0 Å². The Kier molecular flexibility index (Phi) is 6.42. The van der Waals surface area contributed by atoms with Crippen molar-refractivity contribution in [3.63, 3.8) is 0 Å². The molecule has 8 aromatic carbocycles. The molecule has 0 bridgehead atoms. The second kappa shape index (κ2) is 11.5. The van der Waals surface area contributed by atoms with Crippen molar-refractivity contribution in [1.29, 1.82) is 0 Å². The summed E-state index contributed by atoms with van der Waals surface area (Å²) >= 11 is 1.85. The van der Waals surface area contributed by atoms with Crippen LogP contribution >= 0.6 is 11.3 Å². The lowest BCUT2D eigenvalue weighted by Gasteiger charge is -2.14. The van der Waals surface area contributed by atoms with Gasteiger partial charge in [0.25, 0.3) is 0 Å². The third-order valence-corrected chi connectivity index (χ3v) is 11.7. The van der Waals surface area contributed by atoms with Gasteiger partial charge in [-0.05, 0) is 46.5 Å². The lowest BCUT2D eigenvalue weighted by Crippen LogP contribution is -1.96. The molecule has 52 heavy (non-hydrogen) atoms. The molecule has 3 heterocycles. The van der Waals surface area contributed by atoms with E-state index in [9.17, 15) is 0 Å². The van der Waals surface area contributed by atoms with E-state index in [-0.39, 0.29) is 0 Å². The Balaban J connectivity index is 1.20. The third-order valence-electron chi connectivity index (χ3n) is 10.4. The molecule has 11 aromatic rings. The van der Waals surface area contributed by atoms with Gasteiger partial charge in [0, 0.05) is 53.0 Å². The van der Waals surface area contributed by atoms with Crippen LogP contribution in [0.4, 0.5) is 0 Å². The fraction of sp³-hybridized carbons (Fsp3) is 0. The van der Waals surface area contributed by atoms with E-state index in [1.807, 2.05) is 23.5 Å². The summed E-state index contributed by atoms with van der Waals surface area (Å²) in [6.07, 6.45) is 0. The van der Waals surface area contributed by atoms with Crippen molar-refractivity contribution in [3.8, 4) is 39.6 Å². The number of hydrogen-bond acceptors (Lipinski definition) is 3. The van der Waals surface area contributed by atoms with Gasteiger partial charge in [0.2, 0.25) is 0 Å². The van der Waals surface area contributed by atoms with Crippen LogP contribution in [0, 0.1) is 0 Å². The van der Waals surface area contributed by atoms with Gasteiger partial charge in [-0.2, -0.15) is 0 Å². The summed E-state index contributed by atoms with van der Waals surface area (Å²) in [4.78, 5) is 10.4. The van der Waals surface area contributed by atoms with Gasteiger partial charge in [-0.3, -0.25) is 0 Å². The van der Waals surface area contributed by atoms with Crippen LogP contribution in [0.1, 0.15) is 0 Å². The number of thiophene rings is 1. The van der Waals surface area contributed by atoms with Gasteiger partial charge in [-0.1, -0.05) is 146 Å². The fourth-order valence-electron chi connectivity index (χ4n) is 8.04. The number of fused-ring (bicyclic) bond motifs is 10. The zero-order chi connectivity index (χ0) is 34.2. The highest BCUT2D eigenvalue weighted by molar-refractivity contribution is 7.27. The monoisotopic (exact) mass is 679 g/mol. The zero-order valence-electron chi connectivity index (χ0n) is 28.0. The highest BCUT2D eigenvalue weighted by Gasteiger charge is 2.21. The molecule has 0 spiro atoms. The first kappa shape index (κ1) is 29.1. The highest BCUT2D eigenvalue weighted by atomic mass is 32.1. The Hall–Kier alpha value is -6.62. The fourth-order valence-corrected chi connectivity index (χ4v) is 9.41. The predicted molar refractivity (Wildman–Crippen MR) is 221 cm³/mol. The minimum absolute atomic E-state index is 0.735. The van der Waals surface area contributed by atoms with Crippen LogP contribution < -0.4 is 0 Å². The van der Waals surface area contributed by atoms with Crippen LogP contribution in [-0.4, -0.2) is 14.5 Å². The van der Waals surface area contributed by atoms with Crippen molar-refractivity contribution in [1.82, 2.24) is 14.5 Å². The highest BCUT2D eigenvalue weighted by Crippen LogP contribution is 2.46. The molecule has 0 amide bonds. The van der Waals surface area contributed by atoms with E-state index in [0.29, 0.717) is 0 Å². The number of aromatic nitrogens is 3. The molecular formula is C48H29N3S. The summed E-state index contributed by atoms with van der Waals surface area (Å²) in [5, 5.41) is 10.0. The predicted octanol–water partition coefficient (Wildman–Crippen LogP) is 13.2. The van der Waals surface area contributed by atoms with Crippen molar-refractivity contribution in [3.05, 3.63) is 176 Å². The standard InChI is InChI=1S/C48H29N3S/c1-3-14-30(15-4-1)40-29-41(31-16-5-2-6-17-31)50-48(49-40)39-24-13-23-36-37-26-27-43-45(47(37)52-46(36)39)38-22-11-12-25-42(38)51(43)44-28-32-18-7-8-19-33(32)34-20-9-10-21-35(34)44/h1-29H. The summed E-state index contributed by atoms with van der Waals surface area (Å²) < 4.78 is 4.95. The number of para-hydroxylation sites is 1. The molecule has 4 heteroatoms. The zero-order valence-corrected chi connectivity index (χ0v) is 28.8. The van der Waals surface area contributed by atoms with Crippen molar-refractivity contribution in [2.75, 3.05) is 0 Å². The van der Waals surface area contributed by atoms with Gasteiger partial charge < -0.3 is 4.57 Å². The largest absolute Gasteiger partial charge is 0.309 e. The lowest BCUT2D eigenvalue weighted by molar-refractivity contribution is 1.19. The molecule has 3 aromatic heterocycles. The molecular weight excluding hydrogens is 651 g/mol. The summed E-state index contributed by atoms with van der Waals surface area (Å²) in [6, 6.07) is 62.9. The van der Waals surface area contributed by atoms with Crippen LogP contribution in [0.15, 0.2) is 176 Å². The second-order valence-corrected chi connectivity index (χ2v) is 14.4. The average Bonchev–Trinajstić information content (AvgIpc) is 3.77. The van der Waals surface area contributed by atoms with E-state index in [4.69, 9.17) is 9.97 Å². The van der Waals surface area contributed by atoms with Crippen LogP contribution in [-0.2, 0) is 0 Å². The second-order valence-electron chi connectivity index (χ2n) is 13.3. The Bertz CT molecular complexity index is 3120. The summed E-state index contributed by atoms with van der Waals surface area (Å²) in [6.45, 7) is 0. The molecule has 0 aliphatic rings. The molecule has 11 rings (SSSR count). The van der Waals surface area contributed by atoms with Crippen molar-refractivity contribution in [2.24, 2.45) is 0 Å².